The second kappa shape index (κ2) is 7.88. The first-order chi connectivity index (χ1) is 13.2. The van der Waals surface area contributed by atoms with E-state index in [9.17, 15) is 4.79 Å². The van der Waals surface area contributed by atoms with Crippen LogP contribution >= 0.6 is 0 Å². The maximum atomic E-state index is 12.9. The lowest BCUT2D eigenvalue weighted by Crippen LogP contribution is -2.43. The van der Waals surface area contributed by atoms with Crippen LogP contribution in [0.4, 0.5) is 4.79 Å². The van der Waals surface area contributed by atoms with Crippen LogP contribution in [0.1, 0.15) is 31.2 Å². The van der Waals surface area contributed by atoms with Gasteiger partial charge >= 0.3 is 6.03 Å². The zero-order valence-corrected chi connectivity index (χ0v) is 15.5. The molecule has 3 aromatic rings. The van der Waals surface area contributed by atoms with E-state index in [1.807, 2.05) is 49.5 Å². The van der Waals surface area contributed by atoms with Gasteiger partial charge in [-0.3, -0.25) is 0 Å². The van der Waals surface area contributed by atoms with Crippen molar-refractivity contribution in [2.75, 3.05) is 7.05 Å². The van der Waals surface area contributed by atoms with Crippen molar-refractivity contribution in [3.05, 3.63) is 60.2 Å². The summed E-state index contributed by atoms with van der Waals surface area (Å²) in [6.45, 7) is 0.649. The van der Waals surface area contributed by atoms with Crippen LogP contribution in [0.2, 0.25) is 0 Å². The highest BCUT2D eigenvalue weighted by molar-refractivity contribution is 5.87. The minimum absolute atomic E-state index is 0.127. The standard InChI is InChI=1S/C21H24N4O2/c1-24(21(26)25-20-10-6-5-9-19(20)22-23-25)17-11-13-18(14-12-17)27-15-16-7-3-2-4-8-16/h2-10,17-18H,11-15H2,1H3/t17-,18-. The van der Waals surface area contributed by atoms with Gasteiger partial charge in [-0.05, 0) is 43.4 Å². The van der Waals surface area contributed by atoms with Gasteiger partial charge in [-0.25, -0.2) is 4.79 Å². The third-order valence-corrected chi connectivity index (χ3v) is 5.35. The van der Waals surface area contributed by atoms with Crippen LogP contribution in [0.3, 0.4) is 0 Å². The van der Waals surface area contributed by atoms with E-state index in [-0.39, 0.29) is 18.2 Å². The number of aromatic nitrogens is 3. The van der Waals surface area contributed by atoms with Crippen molar-refractivity contribution < 1.29 is 9.53 Å². The molecule has 1 fully saturated rings. The summed E-state index contributed by atoms with van der Waals surface area (Å²) in [6.07, 6.45) is 4.07. The van der Waals surface area contributed by atoms with E-state index >= 15 is 0 Å². The summed E-state index contributed by atoms with van der Waals surface area (Å²) in [5.41, 5.74) is 2.68. The van der Waals surface area contributed by atoms with Crippen LogP contribution in [0.15, 0.2) is 54.6 Å². The lowest BCUT2D eigenvalue weighted by Gasteiger charge is -2.34. The van der Waals surface area contributed by atoms with E-state index in [0.29, 0.717) is 6.61 Å². The smallest absolute Gasteiger partial charge is 0.346 e. The first kappa shape index (κ1) is 17.7. The van der Waals surface area contributed by atoms with Gasteiger partial charge in [0.05, 0.1) is 18.2 Å². The fourth-order valence-corrected chi connectivity index (χ4v) is 3.70. The highest BCUT2D eigenvalue weighted by Gasteiger charge is 2.28. The van der Waals surface area contributed by atoms with Gasteiger partial charge < -0.3 is 9.64 Å². The van der Waals surface area contributed by atoms with E-state index in [2.05, 4.69) is 22.4 Å². The summed E-state index contributed by atoms with van der Waals surface area (Å²) in [5, 5.41) is 8.12. The summed E-state index contributed by atoms with van der Waals surface area (Å²) in [6, 6.07) is 17.8. The molecule has 1 saturated carbocycles. The van der Waals surface area contributed by atoms with Crippen LogP contribution in [-0.4, -0.2) is 45.1 Å². The molecule has 140 valence electrons. The van der Waals surface area contributed by atoms with Crippen molar-refractivity contribution in [2.24, 2.45) is 0 Å². The molecule has 0 atom stereocenters. The van der Waals surface area contributed by atoms with Gasteiger partial charge in [0, 0.05) is 13.1 Å². The summed E-state index contributed by atoms with van der Waals surface area (Å²) in [4.78, 5) is 14.7. The maximum absolute atomic E-state index is 12.9. The average Bonchev–Trinajstić information content (AvgIpc) is 3.16. The molecule has 27 heavy (non-hydrogen) atoms. The summed E-state index contributed by atoms with van der Waals surface area (Å²) in [7, 11) is 1.86. The molecule has 0 unspecified atom stereocenters. The van der Waals surface area contributed by atoms with Gasteiger partial charge in [0.1, 0.15) is 5.52 Å². The van der Waals surface area contributed by atoms with Crippen LogP contribution in [-0.2, 0) is 11.3 Å². The number of benzene rings is 2. The average molecular weight is 364 g/mol. The highest BCUT2D eigenvalue weighted by Crippen LogP contribution is 2.26. The van der Waals surface area contributed by atoms with Gasteiger partial charge in [-0.15, -0.1) is 5.10 Å². The zero-order chi connectivity index (χ0) is 18.6. The molecule has 0 aliphatic heterocycles. The molecule has 1 heterocycles. The lowest BCUT2D eigenvalue weighted by molar-refractivity contribution is 0.00396. The molecule has 1 amide bonds. The Balaban J connectivity index is 1.33. The van der Waals surface area contributed by atoms with Crippen LogP contribution < -0.4 is 0 Å². The number of rotatable bonds is 4. The molecular weight excluding hydrogens is 340 g/mol. The molecule has 1 aromatic heterocycles. The number of fused-ring (bicyclic) bond motifs is 1. The number of amides is 1. The highest BCUT2D eigenvalue weighted by atomic mass is 16.5. The Morgan fingerprint density at radius 2 is 1.78 bits per heavy atom. The third-order valence-electron chi connectivity index (χ3n) is 5.35. The second-order valence-electron chi connectivity index (χ2n) is 7.11. The fourth-order valence-electron chi connectivity index (χ4n) is 3.70. The number of hydrogen-bond donors (Lipinski definition) is 0. The van der Waals surface area contributed by atoms with Gasteiger partial charge in [0.2, 0.25) is 0 Å². The molecule has 0 bridgehead atoms. The molecule has 0 saturated heterocycles. The van der Waals surface area contributed by atoms with Crippen molar-refractivity contribution in [3.8, 4) is 0 Å². The van der Waals surface area contributed by atoms with Crippen molar-refractivity contribution in [1.29, 1.82) is 0 Å². The SMILES string of the molecule is CN(C(=O)n1nnc2ccccc21)[C@H]1CC[C@H](OCc2ccccc2)CC1. The fraction of sp³-hybridized carbons (Fsp3) is 0.381. The summed E-state index contributed by atoms with van der Waals surface area (Å²) in [5.74, 6) is 0. The minimum atomic E-state index is -0.127. The normalized spacial score (nSPS) is 19.9. The predicted octanol–water partition coefficient (Wildman–Crippen LogP) is 3.86. The Bertz CT molecular complexity index is 901. The lowest BCUT2D eigenvalue weighted by atomic mass is 9.92. The molecule has 6 heteroatoms. The number of para-hydroxylation sites is 1. The zero-order valence-electron chi connectivity index (χ0n) is 15.5. The number of ether oxygens (including phenoxy) is 1. The van der Waals surface area contributed by atoms with Gasteiger partial charge in [0.25, 0.3) is 0 Å². The number of hydrogen-bond acceptors (Lipinski definition) is 4. The van der Waals surface area contributed by atoms with Crippen molar-refractivity contribution in [2.45, 2.75) is 44.4 Å². The number of nitrogens with zero attached hydrogens (tertiary/aromatic N) is 4. The van der Waals surface area contributed by atoms with Crippen molar-refractivity contribution in [1.82, 2.24) is 19.9 Å². The third kappa shape index (κ3) is 3.85. The van der Waals surface area contributed by atoms with Gasteiger partial charge in [0.15, 0.2) is 0 Å². The van der Waals surface area contributed by atoms with Crippen molar-refractivity contribution >= 4 is 17.1 Å². The van der Waals surface area contributed by atoms with Crippen LogP contribution in [0.5, 0.6) is 0 Å². The van der Waals surface area contributed by atoms with Gasteiger partial charge in [-0.1, -0.05) is 47.7 Å². The van der Waals surface area contributed by atoms with E-state index in [4.69, 9.17) is 4.74 Å². The molecule has 0 radical (unpaired) electrons. The van der Waals surface area contributed by atoms with Crippen LogP contribution in [0, 0.1) is 0 Å². The molecule has 0 N–H and O–H groups in total. The molecular formula is C21H24N4O2. The summed E-state index contributed by atoms with van der Waals surface area (Å²) >= 11 is 0. The maximum Gasteiger partial charge on any atom is 0.346 e. The molecule has 1 aliphatic carbocycles. The Morgan fingerprint density at radius 1 is 1.07 bits per heavy atom. The topological polar surface area (TPSA) is 60.2 Å². The first-order valence-electron chi connectivity index (χ1n) is 9.45. The van der Waals surface area contributed by atoms with Crippen molar-refractivity contribution in [3.63, 3.8) is 0 Å². The Morgan fingerprint density at radius 3 is 2.56 bits per heavy atom. The number of carbonyl (C=O) groups excluding carboxylic acids is 1. The first-order valence-corrected chi connectivity index (χ1v) is 9.45. The Kier molecular flexibility index (Phi) is 5.16. The molecule has 2 aromatic carbocycles. The molecule has 6 nitrogen and oxygen atoms in total. The second-order valence-corrected chi connectivity index (χ2v) is 7.11. The van der Waals surface area contributed by atoms with E-state index < -0.39 is 0 Å². The van der Waals surface area contributed by atoms with Crippen LogP contribution in [0.25, 0.3) is 11.0 Å². The Labute approximate surface area is 158 Å². The van der Waals surface area contributed by atoms with E-state index in [1.165, 1.54) is 10.2 Å². The van der Waals surface area contributed by atoms with Gasteiger partial charge in [-0.2, -0.15) is 4.68 Å². The Hall–Kier alpha value is -2.73. The molecule has 4 rings (SSSR count). The van der Waals surface area contributed by atoms with E-state index in [0.717, 1.165) is 36.7 Å². The van der Waals surface area contributed by atoms with E-state index in [1.54, 1.807) is 4.90 Å². The number of carbonyl (C=O) groups is 1. The summed E-state index contributed by atoms with van der Waals surface area (Å²) < 4.78 is 7.45. The molecule has 0 spiro atoms. The minimum Gasteiger partial charge on any atom is -0.374 e. The monoisotopic (exact) mass is 364 g/mol. The quantitative estimate of drug-likeness (QED) is 0.705. The predicted molar refractivity (Wildman–Crippen MR) is 103 cm³/mol. The molecule has 1 aliphatic rings. The largest absolute Gasteiger partial charge is 0.374 e.